The Hall–Kier alpha value is -2.26. The summed E-state index contributed by atoms with van der Waals surface area (Å²) in [7, 11) is -0.653. The van der Waals surface area contributed by atoms with E-state index in [4.69, 9.17) is 0 Å². The van der Waals surface area contributed by atoms with Crippen LogP contribution in [-0.2, 0) is 0 Å². The average Bonchev–Trinajstić information content (AvgIpc) is 3.54. The Balaban J connectivity index is 1.33. The third-order valence-electron chi connectivity index (χ3n) is 8.33. The van der Waals surface area contributed by atoms with Crippen molar-refractivity contribution in [2.75, 3.05) is 12.3 Å². The summed E-state index contributed by atoms with van der Waals surface area (Å²) in [6.45, 7) is 0. The molecule has 4 aromatic rings. The standard InChI is InChI=1S/C33H34P2/c1-5-13-28(14-6-1)34(29-15-7-2-8-16-29)24-32-26-21-22-27(23-26)33(32)25-35(30-17-9-3-10-18-30)31-19-11-4-12-20-31/h1-20,26-27,32-33H,21-25H2/t26-,27+,32-,33-/m0/s1. The van der Waals surface area contributed by atoms with Gasteiger partial charge in [0.15, 0.2) is 0 Å². The topological polar surface area (TPSA) is 0 Å². The molecule has 0 unspecified atom stereocenters. The van der Waals surface area contributed by atoms with Crippen molar-refractivity contribution in [2.24, 2.45) is 23.7 Å². The zero-order valence-electron chi connectivity index (χ0n) is 20.3. The molecule has 0 radical (unpaired) electrons. The van der Waals surface area contributed by atoms with E-state index in [1.165, 1.54) is 31.6 Å². The van der Waals surface area contributed by atoms with Crippen molar-refractivity contribution in [3.63, 3.8) is 0 Å². The Morgan fingerprint density at radius 2 is 0.714 bits per heavy atom. The molecule has 0 amide bonds. The second-order valence-electron chi connectivity index (χ2n) is 10.2. The highest BCUT2D eigenvalue weighted by molar-refractivity contribution is 7.73. The van der Waals surface area contributed by atoms with Crippen LogP contribution >= 0.6 is 15.8 Å². The van der Waals surface area contributed by atoms with Gasteiger partial charge in [0.25, 0.3) is 0 Å². The minimum absolute atomic E-state index is 0.327. The van der Waals surface area contributed by atoms with Gasteiger partial charge in [-0.3, -0.25) is 0 Å². The highest BCUT2D eigenvalue weighted by Crippen LogP contribution is 2.58. The van der Waals surface area contributed by atoms with E-state index in [9.17, 15) is 0 Å². The molecule has 4 aromatic carbocycles. The third-order valence-corrected chi connectivity index (χ3v) is 13.6. The molecule has 0 N–H and O–H groups in total. The maximum absolute atomic E-state index is 2.38. The van der Waals surface area contributed by atoms with Crippen LogP contribution in [0.4, 0.5) is 0 Å². The molecular weight excluding hydrogens is 458 g/mol. The highest BCUT2D eigenvalue weighted by Gasteiger charge is 2.48. The summed E-state index contributed by atoms with van der Waals surface area (Å²) in [5, 5.41) is 6.18. The lowest BCUT2D eigenvalue weighted by atomic mass is 9.81. The quantitative estimate of drug-likeness (QED) is 0.234. The molecule has 2 aliphatic carbocycles. The van der Waals surface area contributed by atoms with Gasteiger partial charge in [-0.1, -0.05) is 121 Å². The van der Waals surface area contributed by atoms with Gasteiger partial charge >= 0.3 is 0 Å². The van der Waals surface area contributed by atoms with Crippen molar-refractivity contribution in [1.29, 1.82) is 0 Å². The Morgan fingerprint density at radius 3 is 1.00 bits per heavy atom. The van der Waals surface area contributed by atoms with Gasteiger partial charge in [-0.05, 0) is 92.3 Å². The molecule has 2 aliphatic rings. The number of fused-ring (bicyclic) bond motifs is 2. The summed E-state index contributed by atoms with van der Waals surface area (Å²) in [4.78, 5) is 0. The summed E-state index contributed by atoms with van der Waals surface area (Å²) in [6.07, 6.45) is 7.07. The van der Waals surface area contributed by atoms with E-state index in [0.29, 0.717) is 0 Å². The summed E-state index contributed by atoms with van der Waals surface area (Å²) < 4.78 is 0. The van der Waals surface area contributed by atoms with Crippen molar-refractivity contribution in [1.82, 2.24) is 0 Å². The second kappa shape index (κ2) is 10.8. The summed E-state index contributed by atoms with van der Waals surface area (Å²) in [5.41, 5.74) is 0. The van der Waals surface area contributed by atoms with Crippen molar-refractivity contribution in [2.45, 2.75) is 19.3 Å². The van der Waals surface area contributed by atoms with Crippen LogP contribution < -0.4 is 21.2 Å². The molecule has 176 valence electrons. The molecular formula is C33H34P2. The monoisotopic (exact) mass is 492 g/mol. The van der Waals surface area contributed by atoms with Crippen molar-refractivity contribution in [3.05, 3.63) is 121 Å². The zero-order valence-corrected chi connectivity index (χ0v) is 22.1. The van der Waals surface area contributed by atoms with Gasteiger partial charge < -0.3 is 0 Å². The lowest BCUT2D eigenvalue weighted by Crippen LogP contribution is -2.32. The lowest BCUT2D eigenvalue weighted by molar-refractivity contribution is 0.267. The molecule has 6 rings (SSSR count). The molecule has 0 heterocycles. The van der Waals surface area contributed by atoms with Crippen LogP contribution in [0.2, 0.25) is 0 Å². The first-order chi connectivity index (χ1) is 17.4. The molecule has 35 heavy (non-hydrogen) atoms. The minimum Gasteiger partial charge on any atom is -0.0622 e. The van der Waals surface area contributed by atoms with E-state index < -0.39 is 0 Å². The molecule has 0 aromatic heterocycles. The third kappa shape index (κ3) is 5.03. The van der Waals surface area contributed by atoms with Crippen LogP contribution in [0, 0.1) is 23.7 Å². The normalized spacial score (nSPS) is 23.3. The van der Waals surface area contributed by atoms with Crippen LogP contribution in [0.15, 0.2) is 121 Å². The van der Waals surface area contributed by atoms with E-state index in [0.717, 1.165) is 23.7 Å². The Bertz CT molecular complexity index is 1020. The number of hydrogen-bond donors (Lipinski definition) is 0. The van der Waals surface area contributed by atoms with E-state index in [1.54, 1.807) is 21.2 Å². The maximum atomic E-state index is 2.38. The van der Waals surface area contributed by atoms with Crippen LogP contribution in [0.3, 0.4) is 0 Å². The van der Waals surface area contributed by atoms with E-state index in [-0.39, 0.29) is 15.8 Å². The first-order valence-corrected chi connectivity index (χ1v) is 16.2. The predicted octanol–water partition coefficient (Wildman–Crippen LogP) is 6.91. The van der Waals surface area contributed by atoms with Gasteiger partial charge in [0.2, 0.25) is 0 Å². The molecule has 0 spiro atoms. The van der Waals surface area contributed by atoms with Gasteiger partial charge in [0.1, 0.15) is 0 Å². The Kier molecular flexibility index (Phi) is 7.13. The fraction of sp³-hybridized carbons (Fsp3) is 0.273. The molecule has 2 heteroatoms. The predicted molar refractivity (Wildman–Crippen MR) is 156 cm³/mol. The number of rotatable bonds is 8. The molecule has 0 nitrogen and oxygen atoms in total. The maximum Gasteiger partial charge on any atom is -0.0195 e. The molecule has 2 fully saturated rings. The minimum atomic E-state index is -0.327. The van der Waals surface area contributed by atoms with Gasteiger partial charge in [0, 0.05) is 0 Å². The Morgan fingerprint density at radius 1 is 0.429 bits per heavy atom. The highest BCUT2D eigenvalue weighted by atomic mass is 31.1. The van der Waals surface area contributed by atoms with Crippen molar-refractivity contribution in [3.8, 4) is 0 Å². The van der Waals surface area contributed by atoms with Crippen LogP contribution in [0.5, 0.6) is 0 Å². The Labute approximate surface area is 213 Å². The molecule has 0 aliphatic heterocycles. The summed E-state index contributed by atoms with van der Waals surface area (Å²) in [5.74, 6) is 3.53. The van der Waals surface area contributed by atoms with Crippen molar-refractivity contribution >= 4 is 37.1 Å². The van der Waals surface area contributed by atoms with Gasteiger partial charge in [0.05, 0.1) is 0 Å². The molecule has 2 bridgehead atoms. The van der Waals surface area contributed by atoms with E-state index in [2.05, 4.69) is 121 Å². The smallest absolute Gasteiger partial charge is 0.0195 e. The summed E-state index contributed by atoms with van der Waals surface area (Å²) >= 11 is 0. The average molecular weight is 493 g/mol. The fourth-order valence-electron chi connectivity index (χ4n) is 6.67. The first-order valence-electron chi connectivity index (χ1n) is 13.1. The first kappa shape index (κ1) is 23.2. The SMILES string of the molecule is c1ccc(P(C[C@H]2[C@@H]3CC[C@@H](C3)[C@@H]2CP(c2ccccc2)c2ccccc2)c2ccccc2)cc1. The van der Waals surface area contributed by atoms with Gasteiger partial charge in [-0.2, -0.15) is 0 Å². The van der Waals surface area contributed by atoms with Crippen LogP contribution in [0.25, 0.3) is 0 Å². The summed E-state index contributed by atoms with van der Waals surface area (Å²) in [6, 6.07) is 45.5. The van der Waals surface area contributed by atoms with Crippen molar-refractivity contribution < 1.29 is 0 Å². The lowest BCUT2D eigenvalue weighted by Gasteiger charge is -2.36. The van der Waals surface area contributed by atoms with E-state index in [1.807, 2.05) is 0 Å². The fourth-order valence-corrected chi connectivity index (χ4v) is 12.2. The van der Waals surface area contributed by atoms with E-state index >= 15 is 0 Å². The van der Waals surface area contributed by atoms with Crippen LogP contribution in [0.1, 0.15) is 19.3 Å². The van der Waals surface area contributed by atoms with Crippen LogP contribution in [-0.4, -0.2) is 12.3 Å². The zero-order chi connectivity index (χ0) is 23.5. The second-order valence-corrected chi connectivity index (χ2v) is 14.7. The number of benzene rings is 4. The molecule has 0 saturated heterocycles. The molecule has 4 atom stereocenters. The van der Waals surface area contributed by atoms with Gasteiger partial charge in [-0.25, -0.2) is 0 Å². The molecule has 2 saturated carbocycles. The number of hydrogen-bond acceptors (Lipinski definition) is 0. The van der Waals surface area contributed by atoms with Gasteiger partial charge in [-0.15, -0.1) is 0 Å². The largest absolute Gasteiger partial charge is 0.0622 e.